The third kappa shape index (κ3) is 3.38. The zero-order chi connectivity index (χ0) is 14.7. The van der Waals surface area contributed by atoms with E-state index in [-0.39, 0.29) is 12.4 Å². The van der Waals surface area contributed by atoms with E-state index < -0.39 is 0 Å². The second-order valence-electron chi connectivity index (χ2n) is 4.27. The Bertz CT molecular complexity index is 761. The van der Waals surface area contributed by atoms with E-state index in [2.05, 4.69) is 10.1 Å². The number of nitrogens with zero attached hydrogens (tertiary/aromatic N) is 2. The van der Waals surface area contributed by atoms with Gasteiger partial charge in [-0.05, 0) is 30.3 Å². The van der Waals surface area contributed by atoms with Gasteiger partial charge in [-0.25, -0.2) is 4.39 Å². The smallest absolute Gasteiger partial charge is 0.258 e. The minimum absolute atomic E-state index is 0.0908. The molecule has 0 saturated heterocycles. The minimum atomic E-state index is -0.361. The van der Waals surface area contributed by atoms with Crippen LogP contribution in [0.2, 0.25) is 5.02 Å². The summed E-state index contributed by atoms with van der Waals surface area (Å²) < 4.78 is 23.6. The van der Waals surface area contributed by atoms with Crippen LogP contribution in [0.15, 0.2) is 53.1 Å². The molecule has 0 N–H and O–H groups in total. The summed E-state index contributed by atoms with van der Waals surface area (Å²) in [5, 5.41) is 4.40. The number of halogens is 2. The quantitative estimate of drug-likeness (QED) is 0.728. The number of hydrogen-bond acceptors (Lipinski definition) is 4. The molecule has 106 valence electrons. The van der Waals surface area contributed by atoms with Crippen LogP contribution in [0, 0.1) is 5.82 Å². The molecule has 0 aliphatic rings. The Morgan fingerprint density at radius 1 is 1.14 bits per heavy atom. The van der Waals surface area contributed by atoms with Crippen molar-refractivity contribution in [2.45, 2.75) is 6.61 Å². The Morgan fingerprint density at radius 3 is 2.81 bits per heavy atom. The number of ether oxygens (including phenoxy) is 1. The van der Waals surface area contributed by atoms with Gasteiger partial charge in [-0.15, -0.1) is 0 Å². The van der Waals surface area contributed by atoms with Crippen LogP contribution in [0.25, 0.3) is 11.5 Å². The van der Waals surface area contributed by atoms with Crippen LogP contribution in [0.5, 0.6) is 5.75 Å². The van der Waals surface area contributed by atoms with E-state index in [0.717, 1.165) is 5.56 Å². The maximum atomic E-state index is 13.0. The van der Waals surface area contributed by atoms with E-state index in [0.29, 0.717) is 22.5 Å². The van der Waals surface area contributed by atoms with Crippen LogP contribution >= 0.6 is 11.6 Å². The molecule has 1 heterocycles. The van der Waals surface area contributed by atoms with E-state index >= 15 is 0 Å². The SMILES string of the molecule is Fc1cccc(OCc2noc(-c3cccc(Cl)c3)n2)c1. The first-order valence-corrected chi connectivity index (χ1v) is 6.55. The summed E-state index contributed by atoms with van der Waals surface area (Å²) in [5.74, 6) is 0.772. The van der Waals surface area contributed by atoms with Gasteiger partial charge < -0.3 is 9.26 Å². The van der Waals surface area contributed by atoms with Crippen LogP contribution in [-0.2, 0) is 6.61 Å². The second kappa shape index (κ2) is 5.93. The zero-order valence-corrected chi connectivity index (χ0v) is 11.5. The van der Waals surface area contributed by atoms with Crippen LogP contribution in [0.4, 0.5) is 4.39 Å². The molecule has 1 aromatic heterocycles. The highest BCUT2D eigenvalue weighted by Gasteiger charge is 2.09. The van der Waals surface area contributed by atoms with Crippen LogP contribution in [0.3, 0.4) is 0 Å². The van der Waals surface area contributed by atoms with Gasteiger partial charge in [-0.2, -0.15) is 4.98 Å². The van der Waals surface area contributed by atoms with Gasteiger partial charge in [0.05, 0.1) is 0 Å². The van der Waals surface area contributed by atoms with E-state index in [1.54, 1.807) is 30.3 Å². The molecule has 0 atom stereocenters. The van der Waals surface area contributed by atoms with Gasteiger partial charge in [0.25, 0.3) is 5.89 Å². The van der Waals surface area contributed by atoms with Crippen molar-refractivity contribution in [2.75, 3.05) is 0 Å². The molecule has 0 spiro atoms. The molecule has 4 nitrogen and oxygen atoms in total. The van der Waals surface area contributed by atoms with Crippen molar-refractivity contribution in [1.82, 2.24) is 10.1 Å². The first-order valence-electron chi connectivity index (χ1n) is 6.17. The molecule has 0 fully saturated rings. The van der Waals surface area contributed by atoms with Crippen molar-refractivity contribution in [1.29, 1.82) is 0 Å². The normalized spacial score (nSPS) is 10.6. The number of rotatable bonds is 4. The second-order valence-corrected chi connectivity index (χ2v) is 4.71. The lowest BCUT2D eigenvalue weighted by molar-refractivity contribution is 0.286. The summed E-state index contributed by atoms with van der Waals surface area (Å²) >= 11 is 5.91. The van der Waals surface area contributed by atoms with Gasteiger partial charge in [0, 0.05) is 16.7 Å². The highest BCUT2D eigenvalue weighted by Crippen LogP contribution is 2.21. The highest BCUT2D eigenvalue weighted by atomic mass is 35.5. The lowest BCUT2D eigenvalue weighted by atomic mass is 10.2. The summed E-state index contributed by atoms with van der Waals surface area (Å²) in [6, 6.07) is 13.0. The van der Waals surface area contributed by atoms with Crippen LogP contribution < -0.4 is 4.74 Å². The number of aromatic nitrogens is 2. The van der Waals surface area contributed by atoms with Crippen LogP contribution in [-0.4, -0.2) is 10.1 Å². The Kier molecular flexibility index (Phi) is 3.83. The summed E-state index contributed by atoms with van der Waals surface area (Å²) in [6.45, 7) is 0.0908. The van der Waals surface area contributed by atoms with Gasteiger partial charge in [-0.1, -0.05) is 28.9 Å². The Hall–Kier alpha value is -2.40. The average Bonchev–Trinajstić information content (AvgIpc) is 2.94. The molecule has 2 aromatic carbocycles. The standard InChI is InChI=1S/C15H10ClFN2O2/c16-11-4-1-3-10(7-11)15-18-14(19-21-15)9-20-13-6-2-5-12(17)8-13/h1-8H,9H2. The van der Waals surface area contributed by atoms with Crippen molar-refractivity contribution in [3.63, 3.8) is 0 Å². The Labute approximate surface area is 125 Å². The lowest BCUT2D eigenvalue weighted by Gasteiger charge is -2.02. The topological polar surface area (TPSA) is 48.2 Å². The largest absolute Gasteiger partial charge is 0.485 e. The van der Waals surface area contributed by atoms with Gasteiger partial charge in [-0.3, -0.25) is 0 Å². The molecule has 0 amide bonds. The molecule has 0 aliphatic heterocycles. The van der Waals surface area contributed by atoms with Crippen molar-refractivity contribution >= 4 is 11.6 Å². The summed E-state index contributed by atoms with van der Waals surface area (Å²) in [6.07, 6.45) is 0. The fourth-order valence-corrected chi connectivity index (χ4v) is 1.95. The molecule has 0 unspecified atom stereocenters. The fourth-order valence-electron chi connectivity index (χ4n) is 1.76. The van der Waals surface area contributed by atoms with Crippen molar-refractivity contribution in [2.24, 2.45) is 0 Å². The monoisotopic (exact) mass is 304 g/mol. The molecule has 3 aromatic rings. The molecular weight excluding hydrogens is 295 g/mol. The molecule has 0 bridgehead atoms. The summed E-state index contributed by atoms with van der Waals surface area (Å²) in [7, 11) is 0. The average molecular weight is 305 g/mol. The zero-order valence-electron chi connectivity index (χ0n) is 10.8. The Morgan fingerprint density at radius 2 is 2.00 bits per heavy atom. The van der Waals surface area contributed by atoms with E-state index in [1.807, 2.05) is 6.07 Å². The third-order valence-electron chi connectivity index (χ3n) is 2.70. The molecule has 0 radical (unpaired) electrons. The van der Waals surface area contributed by atoms with Gasteiger partial charge in [0.1, 0.15) is 11.6 Å². The molecule has 3 rings (SSSR count). The van der Waals surface area contributed by atoms with Gasteiger partial charge >= 0.3 is 0 Å². The maximum Gasteiger partial charge on any atom is 0.258 e. The molecule has 6 heteroatoms. The van der Waals surface area contributed by atoms with Crippen LogP contribution in [0.1, 0.15) is 5.82 Å². The summed E-state index contributed by atoms with van der Waals surface area (Å²) in [5.41, 5.74) is 0.729. The fraction of sp³-hybridized carbons (Fsp3) is 0.0667. The Balaban J connectivity index is 1.71. The maximum absolute atomic E-state index is 13.0. The van der Waals surface area contributed by atoms with Gasteiger partial charge in [0.15, 0.2) is 6.61 Å². The highest BCUT2D eigenvalue weighted by molar-refractivity contribution is 6.30. The van der Waals surface area contributed by atoms with E-state index in [9.17, 15) is 4.39 Å². The van der Waals surface area contributed by atoms with Crippen molar-refractivity contribution in [3.8, 4) is 17.2 Å². The predicted molar refractivity (Wildman–Crippen MR) is 75.5 cm³/mol. The number of benzene rings is 2. The first kappa shape index (κ1) is 13.6. The molecule has 0 aliphatic carbocycles. The van der Waals surface area contributed by atoms with Crippen molar-refractivity contribution < 1.29 is 13.7 Å². The lowest BCUT2D eigenvalue weighted by Crippen LogP contribution is -1.97. The molecular formula is C15H10ClFN2O2. The van der Waals surface area contributed by atoms with E-state index in [4.69, 9.17) is 20.9 Å². The third-order valence-corrected chi connectivity index (χ3v) is 2.94. The van der Waals surface area contributed by atoms with Gasteiger partial charge in [0.2, 0.25) is 5.82 Å². The molecule has 21 heavy (non-hydrogen) atoms. The summed E-state index contributed by atoms with van der Waals surface area (Å²) in [4.78, 5) is 4.20. The van der Waals surface area contributed by atoms with E-state index in [1.165, 1.54) is 12.1 Å². The first-order chi connectivity index (χ1) is 10.2. The predicted octanol–water partition coefficient (Wildman–Crippen LogP) is 4.11. The minimum Gasteiger partial charge on any atom is -0.485 e. The van der Waals surface area contributed by atoms with Crippen molar-refractivity contribution in [3.05, 3.63) is 65.2 Å². The number of hydrogen-bond donors (Lipinski definition) is 0. The molecule has 0 saturated carbocycles.